The highest BCUT2D eigenvalue weighted by molar-refractivity contribution is 7.92. The summed E-state index contributed by atoms with van der Waals surface area (Å²) in [7, 11) is -4.60. The molecule has 7 nitrogen and oxygen atoms in total. The molecule has 0 radical (unpaired) electrons. The lowest BCUT2D eigenvalue weighted by Gasteiger charge is -2.35. The number of hydrogen-bond acceptors (Lipinski definition) is 4. The average molecular weight is 700 g/mol. The maximum atomic E-state index is 14.5. The van der Waals surface area contributed by atoms with Gasteiger partial charge < -0.3 is 10.2 Å². The van der Waals surface area contributed by atoms with Gasteiger partial charge in [-0.15, -0.1) is 0 Å². The van der Waals surface area contributed by atoms with Gasteiger partial charge in [-0.3, -0.25) is 13.9 Å². The SMILES string of the molecule is Cc1ccc(CN(C(=O)CN(c2ccc(Cl)c(C(F)(F)F)c2)S(=O)(=O)c2ccccc2)[C@@H](Cc2ccccc2)C(=O)NC(C)(C)C)cc1. The Hall–Kier alpha value is -4.35. The van der Waals surface area contributed by atoms with Gasteiger partial charge in [-0.25, -0.2) is 8.42 Å². The van der Waals surface area contributed by atoms with E-state index >= 15 is 0 Å². The molecule has 4 aromatic rings. The number of sulfonamides is 1. The number of halogens is 4. The minimum atomic E-state index is -4.90. The summed E-state index contributed by atoms with van der Waals surface area (Å²) in [6.07, 6.45) is -4.81. The lowest BCUT2D eigenvalue weighted by atomic mass is 10.0. The van der Waals surface area contributed by atoms with Crippen LogP contribution in [0.4, 0.5) is 18.9 Å². The molecule has 0 aromatic heterocycles. The summed E-state index contributed by atoms with van der Waals surface area (Å²) >= 11 is 5.87. The van der Waals surface area contributed by atoms with Gasteiger partial charge in [-0.1, -0.05) is 90.0 Å². The molecule has 0 aliphatic heterocycles. The first-order valence-corrected chi connectivity index (χ1v) is 16.9. The Labute approximate surface area is 284 Å². The third-order valence-corrected chi connectivity index (χ3v) is 9.51. The molecule has 1 N–H and O–H groups in total. The van der Waals surface area contributed by atoms with Crippen molar-refractivity contribution in [2.75, 3.05) is 10.8 Å². The van der Waals surface area contributed by atoms with Crippen molar-refractivity contribution in [2.24, 2.45) is 0 Å². The fourth-order valence-corrected chi connectivity index (χ4v) is 6.68. The Morgan fingerprint density at radius 2 is 1.42 bits per heavy atom. The van der Waals surface area contributed by atoms with Crippen molar-refractivity contribution in [2.45, 2.75) is 63.3 Å². The van der Waals surface area contributed by atoms with E-state index in [4.69, 9.17) is 11.6 Å². The molecular formula is C36H37ClF3N3O4S. The molecule has 12 heteroatoms. The maximum Gasteiger partial charge on any atom is 0.417 e. The zero-order chi connectivity index (χ0) is 35.3. The van der Waals surface area contributed by atoms with Crippen molar-refractivity contribution >= 4 is 39.1 Å². The van der Waals surface area contributed by atoms with Crippen molar-refractivity contribution < 1.29 is 31.2 Å². The second-order valence-electron chi connectivity index (χ2n) is 12.4. The number of carbonyl (C=O) groups excluding carboxylic acids is 2. The van der Waals surface area contributed by atoms with Crippen LogP contribution in [-0.4, -0.2) is 43.3 Å². The molecule has 2 amide bonds. The molecule has 0 spiro atoms. The number of amides is 2. The smallest absolute Gasteiger partial charge is 0.350 e. The van der Waals surface area contributed by atoms with Crippen LogP contribution in [0.15, 0.2) is 108 Å². The van der Waals surface area contributed by atoms with Gasteiger partial charge >= 0.3 is 6.18 Å². The third-order valence-electron chi connectivity index (χ3n) is 7.40. The van der Waals surface area contributed by atoms with Gasteiger partial charge in [-0.2, -0.15) is 13.2 Å². The number of nitrogens with zero attached hydrogens (tertiary/aromatic N) is 2. The number of alkyl halides is 3. The predicted octanol–water partition coefficient (Wildman–Crippen LogP) is 7.42. The van der Waals surface area contributed by atoms with Crippen molar-refractivity contribution in [3.8, 4) is 0 Å². The molecule has 0 fully saturated rings. The number of aryl methyl sites for hydroxylation is 1. The summed E-state index contributed by atoms with van der Waals surface area (Å²) < 4.78 is 70.6. The molecule has 0 aliphatic rings. The predicted molar refractivity (Wildman–Crippen MR) is 181 cm³/mol. The minimum Gasteiger partial charge on any atom is -0.350 e. The molecule has 4 aromatic carbocycles. The average Bonchev–Trinajstić information content (AvgIpc) is 3.02. The molecule has 0 saturated heterocycles. The minimum absolute atomic E-state index is 0.0815. The first-order valence-electron chi connectivity index (χ1n) is 15.1. The highest BCUT2D eigenvalue weighted by Crippen LogP contribution is 2.38. The summed E-state index contributed by atoms with van der Waals surface area (Å²) in [4.78, 5) is 29.5. The first kappa shape index (κ1) is 36.5. The van der Waals surface area contributed by atoms with Crippen LogP contribution in [0.3, 0.4) is 0 Å². The van der Waals surface area contributed by atoms with Gasteiger partial charge in [0.2, 0.25) is 11.8 Å². The van der Waals surface area contributed by atoms with Crippen LogP contribution in [-0.2, 0) is 38.8 Å². The van der Waals surface area contributed by atoms with Crippen molar-refractivity contribution in [1.82, 2.24) is 10.2 Å². The molecule has 0 aliphatic carbocycles. The second-order valence-corrected chi connectivity index (χ2v) is 14.7. The maximum absolute atomic E-state index is 14.5. The molecule has 4 rings (SSSR count). The first-order chi connectivity index (χ1) is 22.5. The molecular weight excluding hydrogens is 663 g/mol. The molecule has 1 atom stereocenters. The van der Waals surface area contributed by atoms with E-state index in [1.807, 2.05) is 37.3 Å². The zero-order valence-corrected chi connectivity index (χ0v) is 28.5. The van der Waals surface area contributed by atoms with Crippen LogP contribution in [0.5, 0.6) is 0 Å². The quantitative estimate of drug-likeness (QED) is 0.177. The molecule has 0 unspecified atom stereocenters. The van der Waals surface area contributed by atoms with E-state index < -0.39 is 62.4 Å². The lowest BCUT2D eigenvalue weighted by molar-refractivity contribution is -0.140. The van der Waals surface area contributed by atoms with E-state index in [1.54, 1.807) is 51.1 Å². The molecule has 0 saturated carbocycles. The molecule has 0 heterocycles. The largest absolute Gasteiger partial charge is 0.417 e. The Bertz CT molecular complexity index is 1830. The summed E-state index contributed by atoms with van der Waals surface area (Å²) in [6.45, 7) is 6.30. The number of benzene rings is 4. The van der Waals surface area contributed by atoms with Gasteiger partial charge in [0.15, 0.2) is 0 Å². The number of anilines is 1. The molecule has 254 valence electrons. The van der Waals surface area contributed by atoms with Crippen LogP contribution in [0.25, 0.3) is 0 Å². The van der Waals surface area contributed by atoms with Crippen molar-refractivity contribution in [3.05, 3.63) is 130 Å². The van der Waals surface area contributed by atoms with Crippen molar-refractivity contribution in [3.63, 3.8) is 0 Å². The number of hydrogen-bond donors (Lipinski definition) is 1. The van der Waals surface area contributed by atoms with Crippen LogP contribution >= 0.6 is 11.6 Å². The Kier molecular flexibility index (Phi) is 11.3. The summed E-state index contributed by atoms with van der Waals surface area (Å²) in [5.74, 6) is -1.28. The lowest BCUT2D eigenvalue weighted by Crippen LogP contribution is -2.56. The Morgan fingerprint density at radius 3 is 1.98 bits per heavy atom. The molecule has 0 bridgehead atoms. The topological polar surface area (TPSA) is 86.8 Å². The van der Waals surface area contributed by atoms with Gasteiger partial charge in [0, 0.05) is 18.5 Å². The Morgan fingerprint density at radius 1 is 0.833 bits per heavy atom. The number of rotatable bonds is 11. The fraction of sp³-hybridized carbons (Fsp3) is 0.278. The van der Waals surface area contributed by atoms with E-state index in [1.165, 1.54) is 29.2 Å². The van der Waals surface area contributed by atoms with Gasteiger partial charge in [0.1, 0.15) is 12.6 Å². The third kappa shape index (κ3) is 9.38. The van der Waals surface area contributed by atoms with E-state index in [0.717, 1.165) is 23.3 Å². The van der Waals surface area contributed by atoms with E-state index in [9.17, 15) is 31.2 Å². The summed E-state index contributed by atoms with van der Waals surface area (Å²) in [6, 6.07) is 24.9. The van der Waals surface area contributed by atoms with E-state index in [-0.39, 0.29) is 17.9 Å². The fourth-order valence-electron chi connectivity index (χ4n) is 5.03. The normalized spacial score (nSPS) is 12.7. The molecule has 48 heavy (non-hydrogen) atoms. The van der Waals surface area contributed by atoms with E-state index in [2.05, 4.69) is 5.32 Å². The van der Waals surface area contributed by atoms with E-state index in [0.29, 0.717) is 15.9 Å². The van der Waals surface area contributed by atoms with Crippen LogP contribution < -0.4 is 9.62 Å². The number of carbonyl (C=O) groups is 2. The monoisotopic (exact) mass is 699 g/mol. The Balaban J connectivity index is 1.87. The number of nitrogens with one attached hydrogen (secondary N) is 1. The highest BCUT2D eigenvalue weighted by atomic mass is 35.5. The van der Waals surface area contributed by atoms with Crippen LogP contribution in [0.1, 0.15) is 43.0 Å². The second kappa shape index (κ2) is 14.8. The summed E-state index contributed by atoms with van der Waals surface area (Å²) in [5, 5.41) is 2.31. The highest BCUT2D eigenvalue weighted by Gasteiger charge is 2.38. The van der Waals surface area contributed by atoms with Gasteiger partial charge in [0.05, 0.1) is 21.2 Å². The van der Waals surface area contributed by atoms with Crippen molar-refractivity contribution in [1.29, 1.82) is 0 Å². The van der Waals surface area contributed by atoms with Crippen LogP contribution in [0, 0.1) is 6.92 Å². The standard InChI is InChI=1S/C36H37ClF3N3O4S/c1-25-15-17-27(18-16-25)23-42(32(34(45)41-35(2,3)4)21-26-11-7-5-8-12-26)33(44)24-43(48(46,47)29-13-9-6-10-14-29)28-19-20-31(37)30(22-28)36(38,39)40/h5-20,22,32H,21,23-24H2,1-4H3,(H,41,45)/t32-/m0/s1. The van der Waals surface area contributed by atoms with Gasteiger partial charge in [-0.05, 0) is 69.2 Å². The zero-order valence-electron chi connectivity index (χ0n) is 27.0. The van der Waals surface area contributed by atoms with Gasteiger partial charge in [0.25, 0.3) is 10.0 Å². The summed E-state index contributed by atoms with van der Waals surface area (Å²) in [5.41, 5.74) is 0.0213. The van der Waals surface area contributed by atoms with Crippen LogP contribution in [0.2, 0.25) is 5.02 Å².